The van der Waals surface area contributed by atoms with Gasteiger partial charge in [-0.05, 0) is 54.3 Å². The van der Waals surface area contributed by atoms with Crippen LogP contribution in [0.1, 0.15) is 5.56 Å². The molecule has 0 atom stereocenters. The summed E-state index contributed by atoms with van der Waals surface area (Å²) in [5.41, 5.74) is 1.60. The highest BCUT2D eigenvalue weighted by molar-refractivity contribution is 7.89. The van der Waals surface area contributed by atoms with E-state index in [1.54, 1.807) is 24.3 Å². The van der Waals surface area contributed by atoms with E-state index in [4.69, 9.17) is 11.6 Å². The number of sulfonamides is 1. The van der Waals surface area contributed by atoms with Crippen molar-refractivity contribution in [2.24, 2.45) is 0 Å². The molecule has 1 heterocycles. The largest absolute Gasteiger partial charge is 0.325 e. The van der Waals surface area contributed by atoms with Gasteiger partial charge in [-0.1, -0.05) is 17.7 Å². The quantitative estimate of drug-likeness (QED) is 0.664. The fraction of sp³-hybridized carbons (Fsp3) is 0.158. The molecule has 0 bridgehead atoms. The highest BCUT2D eigenvalue weighted by Crippen LogP contribution is 2.21. The van der Waals surface area contributed by atoms with Gasteiger partial charge in [0.1, 0.15) is 0 Å². The molecule has 7 nitrogen and oxygen atoms in total. The van der Waals surface area contributed by atoms with Crippen molar-refractivity contribution in [3.05, 3.63) is 69.5 Å². The lowest BCUT2D eigenvalue weighted by atomic mass is 10.2. The van der Waals surface area contributed by atoms with Crippen molar-refractivity contribution >= 4 is 44.1 Å². The van der Waals surface area contributed by atoms with Gasteiger partial charge in [-0.15, -0.1) is 0 Å². The van der Waals surface area contributed by atoms with E-state index in [2.05, 4.69) is 10.3 Å². The van der Waals surface area contributed by atoms with Gasteiger partial charge in [0, 0.05) is 29.3 Å². The number of nitrogens with zero attached hydrogens (tertiary/aromatic N) is 1. The van der Waals surface area contributed by atoms with Crippen molar-refractivity contribution < 1.29 is 13.2 Å². The predicted octanol–water partition coefficient (Wildman–Crippen LogP) is 2.75. The number of fused-ring (bicyclic) bond motifs is 1. The van der Waals surface area contributed by atoms with Crippen LogP contribution in [0.5, 0.6) is 0 Å². The van der Waals surface area contributed by atoms with Crippen LogP contribution in [0.3, 0.4) is 0 Å². The molecule has 0 unspecified atom stereocenters. The Morgan fingerprint density at radius 3 is 2.64 bits per heavy atom. The number of aromatic nitrogens is 1. The van der Waals surface area contributed by atoms with Gasteiger partial charge in [0.25, 0.3) is 0 Å². The highest BCUT2D eigenvalue weighted by Gasteiger charge is 2.23. The number of halogens is 1. The summed E-state index contributed by atoms with van der Waals surface area (Å²) in [7, 11) is -2.56. The van der Waals surface area contributed by atoms with Crippen LogP contribution in [0.25, 0.3) is 10.9 Å². The third-order valence-electron chi connectivity index (χ3n) is 4.24. The average molecular weight is 420 g/mol. The third-order valence-corrected chi connectivity index (χ3v) is 6.28. The highest BCUT2D eigenvalue weighted by atomic mass is 35.5. The number of hydrogen-bond acceptors (Lipinski definition) is 4. The Morgan fingerprint density at radius 1 is 1.14 bits per heavy atom. The summed E-state index contributed by atoms with van der Waals surface area (Å²) in [5.74, 6) is -0.485. The number of benzene rings is 2. The van der Waals surface area contributed by atoms with Gasteiger partial charge in [0.2, 0.25) is 21.5 Å². The SMILES string of the molecule is Cc1ccc(Cl)cc1NC(=O)CN(C)S(=O)(=O)c1ccc2[nH]c(=O)ccc2c1. The van der Waals surface area contributed by atoms with Gasteiger partial charge in [0.05, 0.1) is 11.4 Å². The number of amides is 1. The Morgan fingerprint density at radius 2 is 1.89 bits per heavy atom. The molecule has 9 heteroatoms. The molecule has 1 amide bonds. The molecule has 2 aromatic carbocycles. The van der Waals surface area contributed by atoms with Crippen LogP contribution in [0.2, 0.25) is 5.02 Å². The molecule has 1 aromatic heterocycles. The Hall–Kier alpha value is -2.68. The first-order valence-corrected chi connectivity index (χ1v) is 10.1. The van der Waals surface area contributed by atoms with E-state index in [9.17, 15) is 18.0 Å². The van der Waals surface area contributed by atoms with Gasteiger partial charge in [-0.3, -0.25) is 9.59 Å². The van der Waals surface area contributed by atoms with Gasteiger partial charge in [0.15, 0.2) is 0 Å². The number of likely N-dealkylation sites (N-methyl/N-ethyl adjacent to an activating group) is 1. The number of H-pyrrole nitrogens is 1. The van der Waals surface area contributed by atoms with Crippen LogP contribution in [-0.2, 0) is 14.8 Å². The summed E-state index contributed by atoms with van der Waals surface area (Å²) in [4.78, 5) is 26.3. The maximum absolute atomic E-state index is 12.8. The first kappa shape index (κ1) is 20.1. The van der Waals surface area contributed by atoms with Crippen LogP contribution in [-0.4, -0.2) is 37.2 Å². The first-order valence-electron chi connectivity index (χ1n) is 8.32. The number of aryl methyl sites for hydroxylation is 1. The fourth-order valence-corrected chi connectivity index (χ4v) is 4.01. The number of carbonyl (C=O) groups excluding carboxylic acids is 1. The van der Waals surface area contributed by atoms with E-state index in [0.29, 0.717) is 21.6 Å². The van der Waals surface area contributed by atoms with E-state index >= 15 is 0 Å². The topological polar surface area (TPSA) is 99.3 Å². The molecule has 0 aliphatic carbocycles. The number of pyridine rings is 1. The van der Waals surface area contributed by atoms with Crippen LogP contribution in [0, 0.1) is 6.92 Å². The third kappa shape index (κ3) is 4.24. The molecule has 28 heavy (non-hydrogen) atoms. The van der Waals surface area contributed by atoms with Crippen molar-refractivity contribution in [1.29, 1.82) is 0 Å². The number of anilines is 1. The summed E-state index contributed by atoms with van der Waals surface area (Å²) in [5, 5.41) is 3.72. The Labute approximate surface area is 167 Å². The van der Waals surface area contributed by atoms with Crippen LogP contribution < -0.4 is 10.9 Å². The second-order valence-electron chi connectivity index (χ2n) is 6.34. The van der Waals surface area contributed by atoms with Gasteiger partial charge >= 0.3 is 0 Å². The van der Waals surface area contributed by atoms with Gasteiger partial charge < -0.3 is 10.3 Å². The second-order valence-corrected chi connectivity index (χ2v) is 8.82. The summed E-state index contributed by atoms with van der Waals surface area (Å²) in [6.07, 6.45) is 0. The summed E-state index contributed by atoms with van der Waals surface area (Å²) in [6.45, 7) is 1.45. The smallest absolute Gasteiger partial charge is 0.248 e. The zero-order valence-electron chi connectivity index (χ0n) is 15.2. The molecule has 0 aliphatic rings. The number of carbonyl (C=O) groups is 1. The number of rotatable bonds is 5. The van der Waals surface area contributed by atoms with E-state index in [1.807, 2.05) is 6.92 Å². The second kappa shape index (κ2) is 7.75. The average Bonchev–Trinajstić information content (AvgIpc) is 2.64. The van der Waals surface area contributed by atoms with Crippen molar-refractivity contribution in [3.8, 4) is 0 Å². The monoisotopic (exact) mass is 419 g/mol. The number of aromatic amines is 1. The summed E-state index contributed by atoms with van der Waals surface area (Å²) in [6, 6.07) is 12.3. The van der Waals surface area contributed by atoms with Crippen LogP contribution in [0.4, 0.5) is 5.69 Å². The molecule has 0 fully saturated rings. The van der Waals surface area contributed by atoms with Crippen LogP contribution >= 0.6 is 11.6 Å². The van der Waals surface area contributed by atoms with E-state index in [0.717, 1.165) is 9.87 Å². The molecule has 146 valence electrons. The molecular weight excluding hydrogens is 402 g/mol. The molecule has 3 rings (SSSR count). The van der Waals surface area contributed by atoms with Gasteiger partial charge in [-0.2, -0.15) is 4.31 Å². The molecule has 0 saturated carbocycles. The van der Waals surface area contributed by atoms with Crippen LogP contribution in [0.15, 0.2) is 58.2 Å². The number of nitrogens with one attached hydrogen (secondary N) is 2. The fourth-order valence-electron chi connectivity index (χ4n) is 2.68. The summed E-state index contributed by atoms with van der Waals surface area (Å²) < 4.78 is 26.6. The number of hydrogen-bond donors (Lipinski definition) is 2. The lowest BCUT2D eigenvalue weighted by Crippen LogP contribution is -2.35. The molecular formula is C19H18ClN3O4S. The van der Waals surface area contributed by atoms with Crippen molar-refractivity contribution in [2.75, 3.05) is 18.9 Å². The molecule has 3 aromatic rings. The lowest BCUT2D eigenvalue weighted by Gasteiger charge is -2.18. The van der Waals surface area contributed by atoms with E-state index in [-0.39, 0.29) is 17.0 Å². The molecule has 2 N–H and O–H groups in total. The first-order chi connectivity index (χ1) is 13.2. The van der Waals surface area contributed by atoms with Crippen molar-refractivity contribution in [3.63, 3.8) is 0 Å². The minimum atomic E-state index is -3.89. The zero-order valence-corrected chi connectivity index (χ0v) is 16.8. The molecule has 0 spiro atoms. The van der Waals surface area contributed by atoms with Crippen molar-refractivity contribution in [2.45, 2.75) is 11.8 Å². The predicted molar refractivity (Wildman–Crippen MR) is 109 cm³/mol. The zero-order chi connectivity index (χ0) is 20.5. The Kier molecular flexibility index (Phi) is 5.55. The normalized spacial score (nSPS) is 11.7. The lowest BCUT2D eigenvalue weighted by molar-refractivity contribution is -0.116. The maximum Gasteiger partial charge on any atom is 0.248 e. The van der Waals surface area contributed by atoms with Gasteiger partial charge in [-0.25, -0.2) is 8.42 Å². The minimum absolute atomic E-state index is 0.0290. The van der Waals surface area contributed by atoms with E-state index < -0.39 is 15.9 Å². The standard InChI is InChI=1S/C19H18ClN3O4S/c1-12-3-5-14(20)10-17(12)22-19(25)11-23(2)28(26,27)15-6-7-16-13(9-15)4-8-18(24)21-16/h3-10H,11H2,1-2H3,(H,21,24)(H,22,25). The molecule has 0 aliphatic heterocycles. The molecule has 0 radical (unpaired) electrons. The Balaban J connectivity index is 1.79. The maximum atomic E-state index is 12.8. The Bertz CT molecular complexity index is 1220. The van der Waals surface area contributed by atoms with E-state index in [1.165, 1.54) is 31.3 Å². The molecule has 0 saturated heterocycles. The van der Waals surface area contributed by atoms with Crippen molar-refractivity contribution in [1.82, 2.24) is 9.29 Å². The minimum Gasteiger partial charge on any atom is -0.325 e. The summed E-state index contributed by atoms with van der Waals surface area (Å²) >= 11 is 5.94.